The van der Waals surface area contributed by atoms with E-state index in [9.17, 15) is 8.42 Å². The largest absolute Gasteiger partial charge is 0.329 e. The number of thioether (sulfide) groups is 1. The maximum atomic E-state index is 11.4. The normalized spacial score (nSPS) is 13.3. The molecule has 1 aromatic heterocycles. The van der Waals surface area contributed by atoms with Crippen LogP contribution in [0.1, 0.15) is 15.7 Å². The van der Waals surface area contributed by atoms with Gasteiger partial charge in [0, 0.05) is 22.6 Å². The van der Waals surface area contributed by atoms with E-state index < -0.39 is 9.84 Å². The van der Waals surface area contributed by atoms with E-state index in [-0.39, 0.29) is 5.25 Å². The number of hydrogen-bond acceptors (Lipinski definition) is 5. The fraction of sp³-hybridized carbons (Fsp3) is 0.286. The van der Waals surface area contributed by atoms with Crippen molar-refractivity contribution in [1.29, 1.82) is 0 Å². The predicted molar refractivity (Wildman–Crippen MR) is 86.3 cm³/mol. The molecule has 1 aromatic carbocycles. The van der Waals surface area contributed by atoms with Crippen molar-refractivity contribution in [3.05, 3.63) is 46.2 Å². The molecule has 3 nitrogen and oxygen atoms in total. The van der Waals surface area contributed by atoms with E-state index in [1.54, 1.807) is 35.2 Å². The topological polar surface area (TPSA) is 60.2 Å². The summed E-state index contributed by atoms with van der Waals surface area (Å²) in [5, 5.41) is 2.28. The van der Waals surface area contributed by atoms with Crippen molar-refractivity contribution in [2.75, 3.05) is 12.8 Å². The molecule has 1 heterocycles. The van der Waals surface area contributed by atoms with Gasteiger partial charge >= 0.3 is 0 Å². The predicted octanol–water partition coefficient (Wildman–Crippen LogP) is 3.25. The van der Waals surface area contributed by atoms with Crippen LogP contribution < -0.4 is 5.73 Å². The van der Waals surface area contributed by atoms with Crippen LogP contribution >= 0.6 is 23.1 Å². The first-order valence-electron chi connectivity index (χ1n) is 6.12. The standard InChI is InChI=1S/C14H17NO2S3/c1-10-7-8-18-14(10)13(9-15)19-11-3-5-12(6-4-11)20(2,16)17/h3-8,13H,9,15H2,1-2H3. The summed E-state index contributed by atoms with van der Waals surface area (Å²) >= 11 is 3.38. The summed E-state index contributed by atoms with van der Waals surface area (Å²) in [5.41, 5.74) is 7.13. The lowest BCUT2D eigenvalue weighted by Gasteiger charge is -2.14. The molecular formula is C14H17NO2S3. The number of benzene rings is 1. The maximum Gasteiger partial charge on any atom is 0.175 e. The van der Waals surface area contributed by atoms with Crippen LogP contribution in [0.25, 0.3) is 0 Å². The highest BCUT2D eigenvalue weighted by Gasteiger charge is 2.15. The Morgan fingerprint density at radius 2 is 1.90 bits per heavy atom. The Kier molecular flexibility index (Phi) is 4.90. The van der Waals surface area contributed by atoms with Crippen molar-refractivity contribution in [3.63, 3.8) is 0 Å². The molecule has 0 bridgehead atoms. The van der Waals surface area contributed by atoms with Gasteiger partial charge < -0.3 is 5.73 Å². The minimum atomic E-state index is -3.14. The van der Waals surface area contributed by atoms with Gasteiger partial charge in [-0.1, -0.05) is 0 Å². The SMILES string of the molecule is Cc1ccsc1C(CN)Sc1ccc(S(C)(=O)=O)cc1. The Hall–Kier alpha value is -0.820. The third-order valence-electron chi connectivity index (χ3n) is 2.94. The molecular weight excluding hydrogens is 310 g/mol. The van der Waals surface area contributed by atoms with E-state index in [1.165, 1.54) is 16.7 Å². The second kappa shape index (κ2) is 6.30. The Bertz CT molecular complexity index is 675. The highest BCUT2D eigenvalue weighted by molar-refractivity contribution is 7.99. The molecule has 0 spiro atoms. The lowest BCUT2D eigenvalue weighted by Crippen LogP contribution is -2.08. The zero-order valence-electron chi connectivity index (χ0n) is 11.4. The Morgan fingerprint density at radius 1 is 1.25 bits per heavy atom. The number of aryl methyl sites for hydroxylation is 1. The van der Waals surface area contributed by atoms with Gasteiger partial charge in [-0.15, -0.1) is 23.1 Å². The second-order valence-corrected chi connectivity index (χ2v) is 8.79. The molecule has 0 aliphatic rings. The summed E-state index contributed by atoms with van der Waals surface area (Å²) in [6.45, 7) is 2.64. The molecule has 2 aromatic rings. The molecule has 0 radical (unpaired) electrons. The van der Waals surface area contributed by atoms with Crippen LogP contribution in [0.3, 0.4) is 0 Å². The Morgan fingerprint density at radius 3 is 2.35 bits per heavy atom. The van der Waals surface area contributed by atoms with Crippen molar-refractivity contribution in [1.82, 2.24) is 0 Å². The van der Waals surface area contributed by atoms with Crippen LogP contribution in [0.2, 0.25) is 0 Å². The fourth-order valence-electron chi connectivity index (χ4n) is 1.85. The smallest absolute Gasteiger partial charge is 0.175 e. The summed E-state index contributed by atoms with van der Waals surface area (Å²) in [4.78, 5) is 2.66. The van der Waals surface area contributed by atoms with Gasteiger partial charge in [-0.25, -0.2) is 8.42 Å². The van der Waals surface area contributed by atoms with E-state index in [4.69, 9.17) is 5.73 Å². The summed E-state index contributed by atoms with van der Waals surface area (Å²) in [5.74, 6) is 0. The average Bonchev–Trinajstić information content (AvgIpc) is 2.82. The lowest BCUT2D eigenvalue weighted by molar-refractivity contribution is 0.602. The highest BCUT2D eigenvalue weighted by atomic mass is 32.2. The van der Waals surface area contributed by atoms with E-state index in [0.717, 1.165) is 4.90 Å². The van der Waals surface area contributed by atoms with E-state index in [0.29, 0.717) is 11.4 Å². The van der Waals surface area contributed by atoms with Gasteiger partial charge in [-0.2, -0.15) is 0 Å². The summed E-state index contributed by atoms with van der Waals surface area (Å²) < 4.78 is 22.9. The fourth-order valence-corrected chi connectivity index (χ4v) is 4.73. The van der Waals surface area contributed by atoms with E-state index >= 15 is 0 Å². The molecule has 1 unspecified atom stereocenters. The van der Waals surface area contributed by atoms with Crippen LogP contribution in [0.15, 0.2) is 45.5 Å². The third kappa shape index (κ3) is 3.63. The first-order chi connectivity index (χ1) is 9.41. The molecule has 20 heavy (non-hydrogen) atoms. The number of thiophene rings is 1. The van der Waals surface area contributed by atoms with E-state index in [2.05, 4.69) is 18.4 Å². The van der Waals surface area contributed by atoms with Crippen molar-refractivity contribution < 1.29 is 8.42 Å². The molecule has 6 heteroatoms. The average molecular weight is 327 g/mol. The van der Waals surface area contributed by atoms with Crippen LogP contribution in [0.4, 0.5) is 0 Å². The lowest BCUT2D eigenvalue weighted by atomic mass is 10.2. The zero-order valence-corrected chi connectivity index (χ0v) is 13.8. The minimum absolute atomic E-state index is 0.207. The Labute approximate surface area is 128 Å². The molecule has 2 N–H and O–H groups in total. The first kappa shape index (κ1) is 15.6. The van der Waals surface area contributed by atoms with Gasteiger partial charge in [-0.05, 0) is 48.2 Å². The Balaban J connectivity index is 2.19. The first-order valence-corrected chi connectivity index (χ1v) is 9.77. The van der Waals surface area contributed by atoms with Gasteiger partial charge in [0.25, 0.3) is 0 Å². The van der Waals surface area contributed by atoms with Crippen molar-refractivity contribution in [3.8, 4) is 0 Å². The minimum Gasteiger partial charge on any atom is -0.329 e. The van der Waals surface area contributed by atoms with Crippen LogP contribution in [0.5, 0.6) is 0 Å². The molecule has 0 aliphatic heterocycles. The molecule has 0 aliphatic carbocycles. The zero-order chi connectivity index (χ0) is 14.8. The van der Waals surface area contributed by atoms with Crippen molar-refractivity contribution in [2.45, 2.75) is 22.0 Å². The summed E-state index contributed by atoms with van der Waals surface area (Å²) in [6, 6.07) is 9.06. The van der Waals surface area contributed by atoms with Gasteiger partial charge in [0.05, 0.1) is 10.1 Å². The monoisotopic (exact) mass is 327 g/mol. The maximum absolute atomic E-state index is 11.4. The van der Waals surface area contributed by atoms with Crippen molar-refractivity contribution >= 4 is 32.9 Å². The highest BCUT2D eigenvalue weighted by Crippen LogP contribution is 2.38. The quantitative estimate of drug-likeness (QED) is 0.856. The summed E-state index contributed by atoms with van der Waals surface area (Å²) in [7, 11) is -3.14. The number of sulfone groups is 1. The van der Waals surface area contributed by atoms with Gasteiger partial charge in [-0.3, -0.25) is 0 Å². The molecule has 0 amide bonds. The molecule has 0 saturated carbocycles. The molecule has 0 fully saturated rings. The van der Waals surface area contributed by atoms with Crippen LogP contribution in [-0.4, -0.2) is 21.2 Å². The van der Waals surface area contributed by atoms with Gasteiger partial charge in [0.15, 0.2) is 9.84 Å². The number of nitrogens with two attached hydrogens (primary N) is 1. The molecule has 2 rings (SSSR count). The number of rotatable bonds is 5. The number of hydrogen-bond donors (Lipinski definition) is 1. The molecule has 0 saturated heterocycles. The second-order valence-electron chi connectivity index (χ2n) is 4.55. The third-order valence-corrected chi connectivity index (χ3v) is 6.61. The summed E-state index contributed by atoms with van der Waals surface area (Å²) in [6.07, 6.45) is 1.22. The van der Waals surface area contributed by atoms with Gasteiger partial charge in [0.1, 0.15) is 0 Å². The van der Waals surface area contributed by atoms with Crippen molar-refractivity contribution in [2.24, 2.45) is 5.73 Å². The molecule has 1 atom stereocenters. The van der Waals surface area contributed by atoms with E-state index in [1.807, 2.05) is 12.1 Å². The van der Waals surface area contributed by atoms with Crippen LogP contribution in [0, 0.1) is 6.92 Å². The molecule has 108 valence electrons. The van der Waals surface area contributed by atoms with Crippen LogP contribution in [-0.2, 0) is 9.84 Å². The van der Waals surface area contributed by atoms with Gasteiger partial charge in [0.2, 0.25) is 0 Å².